The number of carbonyl (C=O) groups is 1. The summed E-state index contributed by atoms with van der Waals surface area (Å²) in [7, 11) is -4.02. The highest BCUT2D eigenvalue weighted by Crippen LogP contribution is 2.22. The van der Waals surface area contributed by atoms with Crippen molar-refractivity contribution in [2.45, 2.75) is 11.8 Å². The third-order valence-corrected chi connectivity index (χ3v) is 4.92. The zero-order valence-corrected chi connectivity index (χ0v) is 13.8. The van der Waals surface area contributed by atoms with E-state index in [1.54, 1.807) is 6.92 Å². The molecule has 0 aromatic heterocycles. The summed E-state index contributed by atoms with van der Waals surface area (Å²) in [4.78, 5) is 11.2. The summed E-state index contributed by atoms with van der Waals surface area (Å²) in [5, 5.41) is 0. The average Bonchev–Trinajstić information content (AvgIpc) is 2.41. The first-order valence-corrected chi connectivity index (χ1v) is 8.28. The molecule has 0 aliphatic carbocycles. The maximum atomic E-state index is 13.5. The van der Waals surface area contributed by atoms with Gasteiger partial charge in [0.2, 0.25) is 10.0 Å². The third kappa shape index (κ3) is 4.62. The highest BCUT2D eigenvalue weighted by atomic mass is 79.9. The van der Waals surface area contributed by atoms with Gasteiger partial charge in [0.15, 0.2) is 0 Å². The Morgan fingerprint density at radius 3 is 2.71 bits per heavy atom. The first-order valence-electron chi connectivity index (χ1n) is 6.04. The fourth-order valence-corrected chi connectivity index (χ4v) is 3.14. The Morgan fingerprint density at radius 2 is 2.19 bits per heavy atom. The fourth-order valence-electron chi connectivity index (χ4n) is 1.53. The number of benzene rings is 1. The van der Waals surface area contributed by atoms with Crippen molar-refractivity contribution in [2.75, 3.05) is 19.7 Å². The lowest BCUT2D eigenvalue weighted by molar-refractivity contribution is -0.143. The Kier molecular flexibility index (Phi) is 6.50. The molecule has 21 heavy (non-hydrogen) atoms. The first-order chi connectivity index (χ1) is 9.82. The molecule has 0 aliphatic rings. The van der Waals surface area contributed by atoms with Crippen molar-refractivity contribution in [3.8, 4) is 0 Å². The average molecular weight is 380 g/mol. The van der Waals surface area contributed by atoms with Gasteiger partial charge in [-0.1, -0.05) is 6.08 Å². The molecule has 0 atom stereocenters. The van der Waals surface area contributed by atoms with Crippen LogP contribution in [0.15, 0.2) is 40.2 Å². The molecule has 0 saturated carbocycles. The highest BCUT2D eigenvalue weighted by molar-refractivity contribution is 9.10. The molecule has 0 unspecified atom stereocenters. The van der Waals surface area contributed by atoms with Crippen molar-refractivity contribution >= 4 is 31.9 Å². The molecule has 0 N–H and O–H groups in total. The van der Waals surface area contributed by atoms with Gasteiger partial charge in [-0.05, 0) is 41.1 Å². The van der Waals surface area contributed by atoms with Crippen LogP contribution in [0.4, 0.5) is 4.39 Å². The lowest BCUT2D eigenvalue weighted by Crippen LogP contribution is -2.36. The molecule has 0 radical (unpaired) electrons. The second-order valence-corrected chi connectivity index (χ2v) is 6.76. The molecule has 8 heteroatoms. The molecule has 1 aromatic rings. The zero-order valence-electron chi connectivity index (χ0n) is 11.4. The van der Waals surface area contributed by atoms with Crippen LogP contribution in [-0.4, -0.2) is 38.4 Å². The van der Waals surface area contributed by atoms with E-state index in [2.05, 4.69) is 22.5 Å². The van der Waals surface area contributed by atoms with Gasteiger partial charge >= 0.3 is 5.97 Å². The van der Waals surface area contributed by atoms with Crippen LogP contribution in [0, 0.1) is 5.82 Å². The first kappa shape index (κ1) is 17.8. The van der Waals surface area contributed by atoms with Crippen molar-refractivity contribution in [2.24, 2.45) is 0 Å². The lowest BCUT2D eigenvalue weighted by atomic mass is 10.3. The largest absolute Gasteiger partial charge is 0.465 e. The molecule has 0 aliphatic heterocycles. The summed E-state index contributed by atoms with van der Waals surface area (Å²) >= 11 is 2.95. The third-order valence-electron chi connectivity index (χ3n) is 2.47. The summed E-state index contributed by atoms with van der Waals surface area (Å²) in [6.45, 7) is 4.68. The summed E-state index contributed by atoms with van der Waals surface area (Å²) in [6, 6.07) is 3.43. The topological polar surface area (TPSA) is 63.7 Å². The Balaban J connectivity index is 3.11. The molecule has 0 heterocycles. The predicted octanol–water partition coefficient (Wildman–Crippen LogP) is 2.33. The van der Waals surface area contributed by atoms with E-state index in [0.29, 0.717) is 0 Å². The van der Waals surface area contributed by atoms with Crippen LogP contribution in [0.2, 0.25) is 0 Å². The molecular formula is C13H15BrFNO4S. The van der Waals surface area contributed by atoms with Gasteiger partial charge in [0.1, 0.15) is 12.4 Å². The zero-order chi connectivity index (χ0) is 16.0. The van der Waals surface area contributed by atoms with Gasteiger partial charge in [-0.15, -0.1) is 6.58 Å². The summed E-state index contributed by atoms with van der Waals surface area (Å²) in [5.41, 5.74) is 0. The van der Waals surface area contributed by atoms with Gasteiger partial charge in [0.25, 0.3) is 0 Å². The van der Waals surface area contributed by atoms with Crippen molar-refractivity contribution in [1.29, 1.82) is 0 Å². The molecule has 0 bridgehead atoms. The van der Waals surface area contributed by atoms with E-state index < -0.39 is 28.4 Å². The van der Waals surface area contributed by atoms with E-state index in [4.69, 9.17) is 4.74 Å². The number of esters is 1. The summed E-state index contributed by atoms with van der Waals surface area (Å²) < 4.78 is 44.1. The Labute approximate surface area is 131 Å². The quantitative estimate of drug-likeness (QED) is 0.538. The number of halogens is 2. The minimum Gasteiger partial charge on any atom is -0.465 e. The van der Waals surface area contributed by atoms with Gasteiger partial charge in [-0.2, -0.15) is 4.31 Å². The molecule has 0 saturated heterocycles. The minimum atomic E-state index is -4.02. The highest BCUT2D eigenvalue weighted by Gasteiger charge is 2.26. The smallest absolute Gasteiger partial charge is 0.321 e. The van der Waals surface area contributed by atoms with Crippen molar-refractivity contribution in [1.82, 2.24) is 4.31 Å². The number of carbonyl (C=O) groups excluding carboxylic acids is 1. The van der Waals surface area contributed by atoms with Crippen LogP contribution in [0.5, 0.6) is 0 Å². The molecular weight excluding hydrogens is 365 g/mol. The van der Waals surface area contributed by atoms with Crippen molar-refractivity contribution in [3.63, 3.8) is 0 Å². The van der Waals surface area contributed by atoms with Gasteiger partial charge in [-0.25, -0.2) is 12.8 Å². The summed E-state index contributed by atoms with van der Waals surface area (Å²) in [5.74, 6) is -1.38. The Morgan fingerprint density at radius 1 is 1.52 bits per heavy atom. The van der Waals surface area contributed by atoms with Gasteiger partial charge in [-0.3, -0.25) is 4.79 Å². The minimum absolute atomic E-state index is 0.0845. The van der Waals surface area contributed by atoms with E-state index in [9.17, 15) is 17.6 Å². The second kappa shape index (κ2) is 7.67. The van der Waals surface area contributed by atoms with Gasteiger partial charge < -0.3 is 4.74 Å². The lowest BCUT2D eigenvalue weighted by Gasteiger charge is -2.19. The van der Waals surface area contributed by atoms with Crippen LogP contribution in [0.3, 0.4) is 0 Å². The normalized spacial score (nSPS) is 11.4. The van der Waals surface area contributed by atoms with E-state index in [1.165, 1.54) is 18.2 Å². The Hall–Kier alpha value is -1.25. The SMILES string of the molecule is C=CCN(CC(=O)OCC)S(=O)(=O)c1ccc(Br)c(F)c1. The van der Waals surface area contributed by atoms with E-state index in [1.807, 2.05) is 0 Å². The Bertz CT molecular complexity index is 633. The van der Waals surface area contributed by atoms with Crippen molar-refractivity contribution in [3.05, 3.63) is 41.1 Å². The number of hydrogen-bond acceptors (Lipinski definition) is 4. The fraction of sp³-hybridized carbons (Fsp3) is 0.308. The number of sulfonamides is 1. The van der Waals surface area contributed by atoms with Crippen LogP contribution < -0.4 is 0 Å². The van der Waals surface area contributed by atoms with E-state index in [-0.39, 0.29) is 22.5 Å². The maximum absolute atomic E-state index is 13.5. The maximum Gasteiger partial charge on any atom is 0.321 e. The molecule has 116 valence electrons. The molecule has 5 nitrogen and oxygen atoms in total. The number of nitrogens with zero attached hydrogens (tertiary/aromatic N) is 1. The number of rotatable bonds is 7. The monoisotopic (exact) mass is 379 g/mol. The molecule has 1 aromatic carbocycles. The second-order valence-electron chi connectivity index (χ2n) is 3.97. The van der Waals surface area contributed by atoms with Crippen LogP contribution in [-0.2, 0) is 19.6 Å². The van der Waals surface area contributed by atoms with E-state index >= 15 is 0 Å². The molecule has 0 fully saturated rings. The van der Waals surface area contributed by atoms with E-state index in [0.717, 1.165) is 10.4 Å². The standard InChI is InChI=1S/C13H15BrFNO4S/c1-3-7-16(9-13(17)20-4-2)21(18,19)10-5-6-11(14)12(15)8-10/h3,5-6,8H,1,4,7,9H2,2H3. The van der Waals surface area contributed by atoms with Crippen LogP contribution in [0.25, 0.3) is 0 Å². The molecule has 1 rings (SSSR count). The van der Waals surface area contributed by atoms with Gasteiger partial charge in [0, 0.05) is 6.54 Å². The van der Waals surface area contributed by atoms with Crippen molar-refractivity contribution < 1.29 is 22.3 Å². The number of hydrogen-bond donors (Lipinski definition) is 0. The predicted molar refractivity (Wildman–Crippen MR) is 79.7 cm³/mol. The number of ether oxygens (including phenoxy) is 1. The molecule has 0 spiro atoms. The van der Waals surface area contributed by atoms with Gasteiger partial charge in [0.05, 0.1) is 16.0 Å². The van der Waals surface area contributed by atoms with Crippen LogP contribution >= 0.6 is 15.9 Å². The molecule has 0 amide bonds. The van der Waals surface area contributed by atoms with Crippen LogP contribution in [0.1, 0.15) is 6.92 Å². The summed E-state index contributed by atoms with van der Waals surface area (Å²) in [6.07, 6.45) is 1.34.